The van der Waals surface area contributed by atoms with Crippen molar-refractivity contribution in [3.63, 3.8) is 0 Å². The third-order valence-corrected chi connectivity index (χ3v) is 5.27. The van der Waals surface area contributed by atoms with E-state index in [1.807, 2.05) is 0 Å². The number of likely N-dealkylation sites (tertiary alicyclic amines) is 1. The Morgan fingerprint density at radius 3 is 2.50 bits per heavy atom. The van der Waals surface area contributed by atoms with Crippen LogP contribution in [0.15, 0.2) is 0 Å². The van der Waals surface area contributed by atoms with E-state index in [2.05, 4.69) is 31.0 Å². The van der Waals surface area contributed by atoms with Crippen molar-refractivity contribution in [3.05, 3.63) is 0 Å². The van der Waals surface area contributed by atoms with Crippen LogP contribution in [0.1, 0.15) is 46.5 Å². The number of hydrogen-bond acceptors (Lipinski definition) is 2. The van der Waals surface area contributed by atoms with Gasteiger partial charge >= 0.3 is 0 Å². The predicted octanol–water partition coefficient (Wildman–Crippen LogP) is 2.50. The van der Waals surface area contributed by atoms with Crippen molar-refractivity contribution in [2.75, 3.05) is 26.2 Å². The van der Waals surface area contributed by atoms with Gasteiger partial charge in [-0.1, -0.05) is 27.2 Å². The van der Waals surface area contributed by atoms with Crippen molar-refractivity contribution in [3.8, 4) is 0 Å². The van der Waals surface area contributed by atoms with Crippen LogP contribution >= 0.6 is 0 Å². The fourth-order valence-corrected chi connectivity index (χ4v) is 3.64. The molecule has 2 atom stereocenters. The Balaban J connectivity index is 1.97. The standard InChI is InChI=1S/C14H28N2/c1-4-12-9-15-10-13(12)16-8-7-14(5-2,6-3)11-16/h12-13,15H,4-11H2,1-3H3. The summed E-state index contributed by atoms with van der Waals surface area (Å²) in [6, 6.07) is 0.824. The van der Waals surface area contributed by atoms with Crippen molar-refractivity contribution in [2.24, 2.45) is 11.3 Å². The fraction of sp³-hybridized carbons (Fsp3) is 1.00. The first-order valence-corrected chi connectivity index (χ1v) is 7.19. The van der Waals surface area contributed by atoms with E-state index < -0.39 is 0 Å². The summed E-state index contributed by atoms with van der Waals surface area (Å²) < 4.78 is 0. The highest BCUT2D eigenvalue weighted by atomic mass is 15.2. The Labute approximate surface area is 101 Å². The van der Waals surface area contributed by atoms with Crippen molar-refractivity contribution in [1.82, 2.24) is 10.2 Å². The van der Waals surface area contributed by atoms with Gasteiger partial charge in [-0.25, -0.2) is 0 Å². The van der Waals surface area contributed by atoms with Gasteiger partial charge in [-0.3, -0.25) is 4.90 Å². The molecule has 2 nitrogen and oxygen atoms in total. The molecule has 0 aromatic heterocycles. The van der Waals surface area contributed by atoms with Gasteiger partial charge in [-0.2, -0.15) is 0 Å². The number of nitrogens with zero attached hydrogens (tertiary/aromatic N) is 1. The Morgan fingerprint density at radius 1 is 1.19 bits per heavy atom. The Bertz CT molecular complexity index is 223. The van der Waals surface area contributed by atoms with Gasteiger partial charge in [0.2, 0.25) is 0 Å². The lowest BCUT2D eigenvalue weighted by Gasteiger charge is -2.31. The van der Waals surface area contributed by atoms with Gasteiger partial charge in [0.15, 0.2) is 0 Å². The molecule has 0 aromatic rings. The van der Waals surface area contributed by atoms with E-state index in [0.717, 1.165) is 12.0 Å². The number of rotatable bonds is 4. The van der Waals surface area contributed by atoms with Crippen LogP contribution < -0.4 is 5.32 Å². The molecule has 0 spiro atoms. The third kappa shape index (κ3) is 2.14. The van der Waals surface area contributed by atoms with E-state index in [1.165, 1.54) is 51.9 Å². The van der Waals surface area contributed by atoms with Crippen LogP contribution in [0.4, 0.5) is 0 Å². The van der Waals surface area contributed by atoms with E-state index in [-0.39, 0.29) is 0 Å². The summed E-state index contributed by atoms with van der Waals surface area (Å²) in [4.78, 5) is 2.78. The van der Waals surface area contributed by atoms with Crippen LogP contribution in [0.25, 0.3) is 0 Å². The summed E-state index contributed by atoms with van der Waals surface area (Å²) in [5.74, 6) is 0.893. The van der Waals surface area contributed by atoms with Gasteiger partial charge < -0.3 is 5.32 Å². The molecule has 0 bridgehead atoms. The maximum Gasteiger partial charge on any atom is 0.0261 e. The van der Waals surface area contributed by atoms with Crippen LogP contribution in [0.5, 0.6) is 0 Å². The van der Waals surface area contributed by atoms with Crippen LogP contribution in [-0.2, 0) is 0 Å². The smallest absolute Gasteiger partial charge is 0.0261 e. The summed E-state index contributed by atoms with van der Waals surface area (Å²) in [5.41, 5.74) is 0.640. The minimum Gasteiger partial charge on any atom is -0.315 e. The normalized spacial score (nSPS) is 34.7. The second-order valence-corrected chi connectivity index (χ2v) is 5.82. The molecule has 2 saturated heterocycles. The van der Waals surface area contributed by atoms with E-state index in [4.69, 9.17) is 0 Å². The highest BCUT2D eigenvalue weighted by molar-refractivity contribution is 4.95. The molecule has 2 aliphatic rings. The van der Waals surface area contributed by atoms with Gasteiger partial charge in [0.05, 0.1) is 0 Å². The average molecular weight is 224 g/mol. The molecule has 2 heteroatoms. The molecular weight excluding hydrogens is 196 g/mol. The average Bonchev–Trinajstić information content (AvgIpc) is 2.95. The van der Waals surface area contributed by atoms with E-state index >= 15 is 0 Å². The summed E-state index contributed by atoms with van der Waals surface area (Å²) in [5, 5.41) is 3.57. The quantitative estimate of drug-likeness (QED) is 0.789. The van der Waals surface area contributed by atoms with E-state index in [9.17, 15) is 0 Å². The summed E-state index contributed by atoms with van der Waals surface area (Å²) in [6.45, 7) is 12.2. The second-order valence-electron chi connectivity index (χ2n) is 5.82. The molecule has 94 valence electrons. The highest BCUT2D eigenvalue weighted by Crippen LogP contribution is 2.39. The van der Waals surface area contributed by atoms with Crippen molar-refractivity contribution in [2.45, 2.75) is 52.5 Å². The van der Waals surface area contributed by atoms with E-state index in [1.54, 1.807) is 0 Å². The molecule has 2 unspecified atom stereocenters. The van der Waals surface area contributed by atoms with Gasteiger partial charge in [0.25, 0.3) is 0 Å². The second kappa shape index (κ2) is 5.05. The molecule has 0 aromatic carbocycles. The van der Waals surface area contributed by atoms with Crippen molar-refractivity contribution in [1.29, 1.82) is 0 Å². The molecule has 0 radical (unpaired) electrons. The lowest BCUT2D eigenvalue weighted by Crippen LogP contribution is -2.40. The van der Waals surface area contributed by atoms with Crippen LogP contribution in [-0.4, -0.2) is 37.1 Å². The highest BCUT2D eigenvalue weighted by Gasteiger charge is 2.40. The Hall–Kier alpha value is -0.0800. The topological polar surface area (TPSA) is 15.3 Å². The predicted molar refractivity (Wildman–Crippen MR) is 69.6 cm³/mol. The first kappa shape index (κ1) is 12.4. The first-order valence-electron chi connectivity index (χ1n) is 7.19. The molecule has 2 fully saturated rings. The Kier molecular flexibility index (Phi) is 3.91. The zero-order valence-corrected chi connectivity index (χ0v) is 11.3. The van der Waals surface area contributed by atoms with Gasteiger partial charge in [-0.05, 0) is 43.7 Å². The zero-order chi connectivity index (χ0) is 11.6. The summed E-state index contributed by atoms with van der Waals surface area (Å²) in [7, 11) is 0. The monoisotopic (exact) mass is 224 g/mol. The van der Waals surface area contributed by atoms with Gasteiger partial charge in [0.1, 0.15) is 0 Å². The van der Waals surface area contributed by atoms with Crippen LogP contribution in [0, 0.1) is 11.3 Å². The minimum absolute atomic E-state index is 0.640. The number of hydrogen-bond donors (Lipinski definition) is 1. The van der Waals surface area contributed by atoms with Crippen molar-refractivity contribution >= 4 is 0 Å². The SMILES string of the molecule is CCC1CNCC1N1CCC(CC)(CC)C1. The molecule has 2 heterocycles. The zero-order valence-electron chi connectivity index (χ0n) is 11.3. The molecule has 2 aliphatic heterocycles. The van der Waals surface area contributed by atoms with Crippen LogP contribution in [0.2, 0.25) is 0 Å². The lowest BCUT2D eigenvalue weighted by molar-refractivity contribution is 0.172. The van der Waals surface area contributed by atoms with Crippen molar-refractivity contribution < 1.29 is 0 Å². The summed E-state index contributed by atoms with van der Waals surface area (Å²) in [6.07, 6.45) is 5.47. The molecule has 1 N–H and O–H groups in total. The molecule has 0 aliphatic carbocycles. The van der Waals surface area contributed by atoms with Crippen LogP contribution in [0.3, 0.4) is 0 Å². The van der Waals surface area contributed by atoms with Gasteiger partial charge in [0, 0.05) is 19.1 Å². The molecule has 16 heavy (non-hydrogen) atoms. The Morgan fingerprint density at radius 2 is 1.94 bits per heavy atom. The minimum atomic E-state index is 0.640. The molecular formula is C14H28N2. The fourth-order valence-electron chi connectivity index (χ4n) is 3.64. The summed E-state index contributed by atoms with van der Waals surface area (Å²) >= 11 is 0. The third-order valence-electron chi connectivity index (χ3n) is 5.27. The maximum absolute atomic E-state index is 3.57. The van der Waals surface area contributed by atoms with E-state index in [0.29, 0.717) is 5.41 Å². The molecule has 0 saturated carbocycles. The van der Waals surface area contributed by atoms with Gasteiger partial charge in [-0.15, -0.1) is 0 Å². The lowest BCUT2D eigenvalue weighted by atomic mass is 9.82. The number of nitrogens with one attached hydrogen (secondary N) is 1. The first-order chi connectivity index (χ1) is 7.74. The molecule has 2 rings (SSSR count). The largest absolute Gasteiger partial charge is 0.315 e. The molecule has 0 amide bonds. The maximum atomic E-state index is 3.57.